The number of benzene rings is 1. The first kappa shape index (κ1) is 18.8. The van der Waals surface area contributed by atoms with Crippen molar-refractivity contribution in [3.05, 3.63) is 29.8 Å². The highest BCUT2D eigenvalue weighted by Crippen LogP contribution is 2.13. The zero-order chi connectivity index (χ0) is 17.5. The van der Waals surface area contributed by atoms with Crippen LogP contribution < -0.4 is 10.1 Å². The Labute approximate surface area is 135 Å². The summed E-state index contributed by atoms with van der Waals surface area (Å²) in [7, 11) is 1.56. The number of methoxy groups -OCH3 is 1. The number of aliphatic carboxylic acids is 1. The summed E-state index contributed by atoms with van der Waals surface area (Å²) in [6.07, 6.45) is -0.796. The van der Waals surface area contributed by atoms with E-state index in [1.807, 2.05) is 12.1 Å². The summed E-state index contributed by atoms with van der Waals surface area (Å²) >= 11 is 0. The number of rotatable bonds is 7. The molecule has 0 fully saturated rings. The molecule has 0 aromatic heterocycles. The molecule has 0 aliphatic rings. The summed E-state index contributed by atoms with van der Waals surface area (Å²) in [5.41, 5.74) is 0.139. The molecule has 2 N–H and O–H groups in total. The largest absolute Gasteiger partial charge is 0.497 e. The predicted molar refractivity (Wildman–Crippen MR) is 83.4 cm³/mol. The lowest BCUT2D eigenvalue weighted by Gasteiger charge is -2.22. The molecule has 1 rings (SSSR count). The number of amides is 1. The van der Waals surface area contributed by atoms with Crippen molar-refractivity contribution < 1.29 is 28.9 Å². The molecular weight excluding hydrogens is 302 g/mol. The van der Waals surface area contributed by atoms with Gasteiger partial charge in [0.1, 0.15) is 11.4 Å². The lowest BCUT2D eigenvalue weighted by molar-refractivity contribution is -0.141. The highest BCUT2D eigenvalue weighted by Gasteiger charge is 2.24. The third-order valence-corrected chi connectivity index (χ3v) is 2.68. The first-order valence-electron chi connectivity index (χ1n) is 7.14. The number of carboxylic acid groups (broad SMARTS) is 1. The molecule has 1 aromatic carbocycles. The van der Waals surface area contributed by atoms with Crippen LogP contribution in [0.25, 0.3) is 0 Å². The van der Waals surface area contributed by atoms with E-state index in [0.29, 0.717) is 5.75 Å². The van der Waals surface area contributed by atoms with Gasteiger partial charge in [0.15, 0.2) is 6.04 Å². The van der Waals surface area contributed by atoms with Crippen LogP contribution in [0.1, 0.15) is 26.3 Å². The summed E-state index contributed by atoms with van der Waals surface area (Å²) in [5.74, 6) is -0.505. The molecule has 0 saturated heterocycles. The molecule has 0 aliphatic carbocycles. The smallest absolute Gasteiger partial charge is 0.408 e. The first-order valence-corrected chi connectivity index (χ1v) is 7.14. The Morgan fingerprint density at radius 2 is 2.00 bits per heavy atom. The van der Waals surface area contributed by atoms with Gasteiger partial charge >= 0.3 is 12.1 Å². The van der Waals surface area contributed by atoms with Gasteiger partial charge in [-0.25, -0.2) is 9.59 Å². The van der Waals surface area contributed by atoms with E-state index in [0.717, 1.165) is 5.56 Å². The second-order valence-corrected chi connectivity index (χ2v) is 5.90. The molecule has 0 bridgehead atoms. The molecule has 0 heterocycles. The number of carbonyl (C=O) groups is 2. The first-order chi connectivity index (χ1) is 10.7. The lowest BCUT2D eigenvalue weighted by Crippen LogP contribution is -2.46. The van der Waals surface area contributed by atoms with Gasteiger partial charge in [-0.15, -0.1) is 0 Å². The van der Waals surface area contributed by atoms with Gasteiger partial charge in [-0.05, 0) is 38.5 Å². The molecule has 1 aromatic rings. The SMILES string of the molecule is COc1cccc(COC[C@@H](NC(=O)OC(C)(C)C)C(=O)O)c1. The average molecular weight is 325 g/mol. The van der Waals surface area contributed by atoms with Gasteiger partial charge in [-0.1, -0.05) is 12.1 Å². The highest BCUT2D eigenvalue weighted by molar-refractivity contribution is 5.80. The summed E-state index contributed by atoms with van der Waals surface area (Å²) in [5, 5.41) is 11.4. The molecule has 1 amide bonds. The zero-order valence-corrected chi connectivity index (χ0v) is 13.8. The van der Waals surface area contributed by atoms with Crippen LogP contribution in [0.3, 0.4) is 0 Å². The van der Waals surface area contributed by atoms with Crippen LogP contribution in [-0.2, 0) is 20.9 Å². The van der Waals surface area contributed by atoms with Crippen LogP contribution in [0.2, 0.25) is 0 Å². The van der Waals surface area contributed by atoms with Gasteiger partial charge in [0.25, 0.3) is 0 Å². The van der Waals surface area contributed by atoms with Gasteiger partial charge in [-0.2, -0.15) is 0 Å². The third kappa shape index (κ3) is 7.51. The summed E-state index contributed by atoms with van der Waals surface area (Å²) in [6, 6.07) is 6.05. The second-order valence-electron chi connectivity index (χ2n) is 5.90. The number of nitrogens with one attached hydrogen (secondary N) is 1. The van der Waals surface area contributed by atoms with Crippen LogP contribution in [0, 0.1) is 0 Å². The van der Waals surface area contributed by atoms with Crippen LogP contribution in [0.15, 0.2) is 24.3 Å². The van der Waals surface area contributed by atoms with Crippen molar-refractivity contribution in [2.45, 2.75) is 39.0 Å². The van der Waals surface area contributed by atoms with E-state index in [1.54, 1.807) is 40.0 Å². The van der Waals surface area contributed by atoms with Gasteiger partial charge < -0.3 is 24.6 Å². The fourth-order valence-corrected chi connectivity index (χ4v) is 1.68. The van der Waals surface area contributed by atoms with Crippen molar-refractivity contribution in [3.63, 3.8) is 0 Å². The van der Waals surface area contributed by atoms with E-state index >= 15 is 0 Å². The van der Waals surface area contributed by atoms with Crippen molar-refractivity contribution in [2.75, 3.05) is 13.7 Å². The number of carbonyl (C=O) groups excluding carboxylic acids is 1. The Kier molecular flexibility index (Phi) is 6.84. The van der Waals surface area contributed by atoms with Gasteiger partial charge in [-0.3, -0.25) is 0 Å². The number of ether oxygens (including phenoxy) is 3. The molecule has 7 heteroatoms. The zero-order valence-electron chi connectivity index (χ0n) is 13.8. The van der Waals surface area contributed by atoms with Crippen molar-refractivity contribution >= 4 is 12.1 Å². The monoisotopic (exact) mass is 325 g/mol. The number of carboxylic acids is 1. The van der Waals surface area contributed by atoms with E-state index < -0.39 is 23.7 Å². The minimum absolute atomic E-state index is 0.175. The Bertz CT molecular complexity index is 538. The van der Waals surface area contributed by atoms with Gasteiger partial charge in [0.2, 0.25) is 0 Å². The minimum atomic E-state index is -1.19. The Morgan fingerprint density at radius 3 is 2.57 bits per heavy atom. The Hall–Kier alpha value is -2.28. The normalized spacial score (nSPS) is 12.3. The molecule has 1 atom stereocenters. The molecule has 23 heavy (non-hydrogen) atoms. The number of hydrogen-bond donors (Lipinski definition) is 2. The van der Waals surface area contributed by atoms with Crippen LogP contribution >= 0.6 is 0 Å². The van der Waals surface area contributed by atoms with Crippen LogP contribution in [0.4, 0.5) is 4.79 Å². The molecule has 7 nitrogen and oxygen atoms in total. The Balaban J connectivity index is 2.50. The fraction of sp³-hybridized carbons (Fsp3) is 0.500. The maximum Gasteiger partial charge on any atom is 0.408 e. The third-order valence-electron chi connectivity index (χ3n) is 2.68. The van der Waals surface area contributed by atoms with Gasteiger partial charge in [0.05, 0.1) is 20.3 Å². The maximum atomic E-state index is 11.6. The standard InChI is InChI=1S/C16H23NO6/c1-16(2,3)23-15(20)17-13(14(18)19)10-22-9-11-6-5-7-12(8-11)21-4/h5-8,13H,9-10H2,1-4H3,(H,17,20)(H,18,19)/t13-/m1/s1. The molecule has 0 aliphatic heterocycles. The van der Waals surface area contributed by atoms with E-state index in [4.69, 9.17) is 19.3 Å². The fourth-order valence-electron chi connectivity index (χ4n) is 1.68. The van der Waals surface area contributed by atoms with Gasteiger partial charge in [0, 0.05) is 0 Å². The number of hydrogen-bond acceptors (Lipinski definition) is 5. The molecule has 0 spiro atoms. The van der Waals surface area contributed by atoms with E-state index in [-0.39, 0.29) is 13.2 Å². The van der Waals surface area contributed by atoms with Crippen molar-refractivity contribution in [1.29, 1.82) is 0 Å². The van der Waals surface area contributed by atoms with E-state index in [2.05, 4.69) is 5.32 Å². The maximum absolute atomic E-state index is 11.6. The van der Waals surface area contributed by atoms with E-state index in [1.165, 1.54) is 0 Å². The minimum Gasteiger partial charge on any atom is -0.497 e. The summed E-state index contributed by atoms with van der Waals surface area (Å²) in [6.45, 7) is 5.12. The molecule has 0 radical (unpaired) electrons. The summed E-state index contributed by atoms with van der Waals surface area (Å²) in [4.78, 5) is 22.8. The average Bonchev–Trinajstić information content (AvgIpc) is 2.44. The quantitative estimate of drug-likeness (QED) is 0.798. The van der Waals surface area contributed by atoms with Crippen molar-refractivity contribution in [1.82, 2.24) is 5.32 Å². The molecule has 0 unspecified atom stereocenters. The lowest BCUT2D eigenvalue weighted by atomic mass is 10.2. The predicted octanol–water partition coefficient (Wildman–Crippen LogP) is 2.19. The molecule has 0 saturated carbocycles. The van der Waals surface area contributed by atoms with Crippen LogP contribution in [0.5, 0.6) is 5.75 Å². The molecule has 128 valence electrons. The van der Waals surface area contributed by atoms with Crippen molar-refractivity contribution in [2.24, 2.45) is 0 Å². The Morgan fingerprint density at radius 1 is 1.30 bits per heavy atom. The van der Waals surface area contributed by atoms with E-state index in [9.17, 15) is 9.59 Å². The molecular formula is C16H23NO6. The second kappa shape index (κ2) is 8.38. The van der Waals surface area contributed by atoms with Crippen molar-refractivity contribution in [3.8, 4) is 5.75 Å². The topological polar surface area (TPSA) is 94.1 Å². The number of alkyl carbamates (subject to hydrolysis) is 1. The van der Waals surface area contributed by atoms with Crippen LogP contribution in [-0.4, -0.2) is 42.5 Å². The highest BCUT2D eigenvalue weighted by atomic mass is 16.6. The summed E-state index contributed by atoms with van der Waals surface area (Å²) < 4.78 is 15.5.